The van der Waals surface area contributed by atoms with E-state index >= 15 is 0 Å². The summed E-state index contributed by atoms with van der Waals surface area (Å²) < 4.78 is 15.1. The van der Waals surface area contributed by atoms with Crippen molar-refractivity contribution in [2.45, 2.75) is 6.61 Å². The van der Waals surface area contributed by atoms with E-state index in [2.05, 4.69) is 24.9 Å². The van der Waals surface area contributed by atoms with Crippen LogP contribution in [0.25, 0.3) is 5.69 Å². The van der Waals surface area contributed by atoms with Crippen molar-refractivity contribution in [3.63, 3.8) is 0 Å². The summed E-state index contributed by atoms with van der Waals surface area (Å²) in [4.78, 5) is 20.7. The number of methoxy groups -OCH3 is 1. The molecule has 0 aromatic carbocycles. The highest BCUT2D eigenvalue weighted by Gasteiger charge is 2.12. The lowest BCUT2D eigenvalue weighted by Gasteiger charge is -2.03. The summed E-state index contributed by atoms with van der Waals surface area (Å²) in [5.41, 5.74) is 0.801. The quantitative estimate of drug-likeness (QED) is 0.643. The van der Waals surface area contributed by atoms with Crippen molar-refractivity contribution < 1.29 is 18.7 Å². The molecule has 0 spiro atoms. The van der Waals surface area contributed by atoms with Gasteiger partial charge in [0.1, 0.15) is 12.0 Å². The average Bonchev–Trinajstić information content (AvgIpc) is 3.24. The summed E-state index contributed by atoms with van der Waals surface area (Å²) in [6.07, 6.45) is 5.94. The van der Waals surface area contributed by atoms with E-state index in [1.54, 1.807) is 30.7 Å². The topological polar surface area (TPSA) is 105 Å². The van der Waals surface area contributed by atoms with E-state index in [1.165, 1.54) is 18.2 Å². The van der Waals surface area contributed by atoms with Gasteiger partial charge in [-0.25, -0.2) is 14.8 Å². The first kappa shape index (κ1) is 13.7. The Morgan fingerprint density at radius 3 is 2.82 bits per heavy atom. The van der Waals surface area contributed by atoms with Crippen LogP contribution in [0.2, 0.25) is 0 Å². The van der Waals surface area contributed by atoms with Gasteiger partial charge in [0.25, 0.3) is 0 Å². The fraction of sp³-hybridized carbons (Fsp3) is 0.154. The third-order valence-electron chi connectivity index (χ3n) is 2.66. The van der Waals surface area contributed by atoms with E-state index in [0.29, 0.717) is 11.6 Å². The van der Waals surface area contributed by atoms with Gasteiger partial charge >= 0.3 is 5.97 Å². The van der Waals surface area contributed by atoms with Crippen LogP contribution < -0.4 is 4.74 Å². The molecule has 0 fully saturated rings. The number of rotatable bonds is 5. The standard InChI is InChI=1S/C13H11N5O4/c1-20-13(19)10-7-21-12(17-10)8-22-11-3-2-9(6-14-11)18-15-4-5-16-18/h2-7H,8H2,1H3. The first-order valence-corrected chi connectivity index (χ1v) is 6.24. The number of ether oxygens (including phenoxy) is 2. The highest BCUT2D eigenvalue weighted by Crippen LogP contribution is 2.12. The summed E-state index contributed by atoms with van der Waals surface area (Å²) in [5.74, 6) is 0.0675. The third kappa shape index (κ3) is 2.92. The molecule has 0 saturated carbocycles. The SMILES string of the molecule is COC(=O)c1coc(COc2ccc(-n3nccn3)cn2)n1. The molecule has 0 amide bonds. The van der Waals surface area contributed by atoms with Crippen LogP contribution >= 0.6 is 0 Å². The second-order valence-electron chi connectivity index (χ2n) is 4.08. The lowest BCUT2D eigenvalue weighted by Crippen LogP contribution is -2.03. The minimum Gasteiger partial charge on any atom is -0.468 e. The lowest BCUT2D eigenvalue weighted by atomic mass is 10.4. The van der Waals surface area contributed by atoms with Crippen molar-refractivity contribution in [3.8, 4) is 11.6 Å². The summed E-state index contributed by atoms with van der Waals surface area (Å²) in [6.45, 7) is 0.0450. The van der Waals surface area contributed by atoms with E-state index in [1.807, 2.05) is 0 Å². The van der Waals surface area contributed by atoms with E-state index in [4.69, 9.17) is 9.15 Å². The average molecular weight is 301 g/mol. The van der Waals surface area contributed by atoms with Crippen molar-refractivity contribution in [2.75, 3.05) is 7.11 Å². The molecule has 0 bridgehead atoms. The zero-order chi connectivity index (χ0) is 15.4. The molecule has 0 N–H and O–H groups in total. The molecule has 0 aliphatic heterocycles. The molecule has 0 radical (unpaired) electrons. The van der Waals surface area contributed by atoms with Crippen molar-refractivity contribution >= 4 is 5.97 Å². The van der Waals surface area contributed by atoms with Gasteiger partial charge in [0, 0.05) is 6.07 Å². The maximum atomic E-state index is 11.2. The molecule has 0 saturated heterocycles. The number of aromatic nitrogens is 5. The Bertz CT molecular complexity index is 751. The maximum Gasteiger partial charge on any atom is 0.360 e. The van der Waals surface area contributed by atoms with Crippen LogP contribution in [0.15, 0.2) is 41.4 Å². The molecule has 0 aliphatic carbocycles. The molecule has 9 heteroatoms. The molecule has 3 rings (SSSR count). The van der Waals surface area contributed by atoms with E-state index in [-0.39, 0.29) is 18.2 Å². The number of nitrogens with zero attached hydrogens (tertiary/aromatic N) is 5. The van der Waals surface area contributed by atoms with Crippen LogP contribution in [0.5, 0.6) is 5.88 Å². The molecule has 3 aromatic rings. The molecular formula is C13H11N5O4. The number of oxazole rings is 1. The molecule has 22 heavy (non-hydrogen) atoms. The van der Waals surface area contributed by atoms with Crippen LogP contribution in [0.4, 0.5) is 0 Å². The predicted molar refractivity (Wildman–Crippen MR) is 71.3 cm³/mol. The largest absolute Gasteiger partial charge is 0.468 e. The Morgan fingerprint density at radius 2 is 2.14 bits per heavy atom. The fourth-order valence-corrected chi connectivity index (χ4v) is 1.64. The third-order valence-corrected chi connectivity index (χ3v) is 2.66. The van der Waals surface area contributed by atoms with Crippen molar-refractivity contribution in [1.82, 2.24) is 25.0 Å². The Labute approximate surface area is 124 Å². The van der Waals surface area contributed by atoms with Crippen molar-refractivity contribution in [2.24, 2.45) is 0 Å². The van der Waals surface area contributed by atoms with Gasteiger partial charge in [-0.1, -0.05) is 0 Å². The van der Waals surface area contributed by atoms with Crippen LogP contribution in [0, 0.1) is 0 Å². The number of hydrogen-bond acceptors (Lipinski definition) is 8. The van der Waals surface area contributed by atoms with Crippen LogP contribution in [0.1, 0.15) is 16.4 Å². The molecular weight excluding hydrogens is 290 g/mol. The van der Waals surface area contributed by atoms with Gasteiger partial charge in [0.15, 0.2) is 12.3 Å². The molecule has 9 nitrogen and oxygen atoms in total. The van der Waals surface area contributed by atoms with Gasteiger partial charge < -0.3 is 13.9 Å². The Kier molecular flexibility index (Phi) is 3.77. The normalized spacial score (nSPS) is 10.4. The number of esters is 1. The second kappa shape index (κ2) is 6.04. The Hall–Kier alpha value is -3.23. The predicted octanol–water partition coefficient (Wildman–Crippen LogP) is 1.02. The smallest absolute Gasteiger partial charge is 0.360 e. The van der Waals surface area contributed by atoms with Crippen LogP contribution in [-0.4, -0.2) is 38.0 Å². The summed E-state index contributed by atoms with van der Waals surface area (Å²) >= 11 is 0. The Balaban J connectivity index is 1.62. The zero-order valence-electron chi connectivity index (χ0n) is 11.5. The van der Waals surface area contributed by atoms with Gasteiger partial charge in [-0.05, 0) is 6.07 Å². The van der Waals surface area contributed by atoms with Gasteiger partial charge in [-0.15, -0.1) is 0 Å². The summed E-state index contributed by atoms with van der Waals surface area (Å²) in [7, 11) is 1.27. The monoisotopic (exact) mass is 301 g/mol. The second-order valence-corrected chi connectivity index (χ2v) is 4.08. The molecule has 0 aliphatic rings. The molecule has 0 unspecified atom stereocenters. The van der Waals surface area contributed by atoms with Crippen LogP contribution in [0.3, 0.4) is 0 Å². The first-order valence-electron chi connectivity index (χ1n) is 6.24. The molecule has 3 heterocycles. The van der Waals surface area contributed by atoms with Crippen molar-refractivity contribution in [1.29, 1.82) is 0 Å². The maximum absolute atomic E-state index is 11.2. The van der Waals surface area contributed by atoms with Crippen LogP contribution in [-0.2, 0) is 11.3 Å². The molecule has 3 aromatic heterocycles. The summed E-state index contributed by atoms with van der Waals surface area (Å²) in [6, 6.07) is 3.43. The van der Waals surface area contributed by atoms with Crippen molar-refractivity contribution in [3.05, 3.63) is 48.6 Å². The Morgan fingerprint density at radius 1 is 1.32 bits per heavy atom. The van der Waals surface area contributed by atoms with Gasteiger partial charge in [-0.2, -0.15) is 15.0 Å². The lowest BCUT2D eigenvalue weighted by molar-refractivity contribution is 0.0594. The minimum absolute atomic E-state index is 0.0450. The molecule has 0 atom stereocenters. The van der Waals surface area contributed by atoms with E-state index < -0.39 is 5.97 Å². The van der Waals surface area contributed by atoms with Gasteiger partial charge in [-0.3, -0.25) is 0 Å². The van der Waals surface area contributed by atoms with Gasteiger partial charge in [0.2, 0.25) is 11.8 Å². The number of carbonyl (C=O) groups excluding carboxylic acids is 1. The minimum atomic E-state index is -0.566. The number of pyridine rings is 1. The highest BCUT2D eigenvalue weighted by atomic mass is 16.5. The number of carbonyl (C=O) groups is 1. The first-order chi connectivity index (χ1) is 10.8. The number of hydrogen-bond donors (Lipinski definition) is 0. The molecule has 112 valence electrons. The van der Waals surface area contributed by atoms with Gasteiger partial charge in [0.05, 0.1) is 25.7 Å². The highest BCUT2D eigenvalue weighted by molar-refractivity contribution is 5.86. The van der Waals surface area contributed by atoms with E-state index in [0.717, 1.165) is 0 Å². The van der Waals surface area contributed by atoms with E-state index in [9.17, 15) is 4.79 Å². The summed E-state index contributed by atoms with van der Waals surface area (Å²) in [5, 5.41) is 7.99. The zero-order valence-corrected chi connectivity index (χ0v) is 11.5. The fourth-order valence-electron chi connectivity index (χ4n) is 1.64.